The molecular weight excluding hydrogens is 709 g/mol. The molecule has 44 heavy (non-hydrogen) atoms. The molecule has 0 aliphatic rings. The molecule has 1 atom stereocenters. The number of amides is 2. The SMILES string of the molecule is CC(C)CNC(=O)[C@@H](Cc1ccccc1)N(Cc1cccc(Cl)c1)C(=O)CN(c1ccc(I)cc1)S(=O)(=O)c1ccccc1. The molecule has 4 rings (SSSR count). The van der Waals surface area contributed by atoms with E-state index in [0.717, 1.165) is 13.4 Å². The van der Waals surface area contributed by atoms with Gasteiger partial charge in [0.05, 0.1) is 10.6 Å². The van der Waals surface area contributed by atoms with Gasteiger partial charge in [-0.2, -0.15) is 0 Å². The maximum Gasteiger partial charge on any atom is 0.264 e. The standard InChI is InChI=1S/C34H35ClIN3O4S/c1-25(2)22-37-34(41)32(21-26-10-5-3-6-11-26)38(23-27-12-9-13-28(35)20-27)33(40)24-39(30-18-16-29(36)17-19-30)44(42,43)31-14-7-4-8-15-31/h3-20,25,32H,21-24H2,1-2H3,(H,37,41)/t32-/m1/s1. The van der Waals surface area contributed by atoms with Crippen LogP contribution in [0.15, 0.2) is 114 Å². The Morgan fingerprint density at radius 3 is 2.07 bits per heavy atom. The first kappa shape index (κ1) is 33.5. The fraction of sp³-hybridized carbons (Fsp3) is 0.235. The van der Waals surface area contributed by atoms with Crippen LogP contribution in [0.2, 0.25) is 5.02 Å². The van der Waals surface area contributed by atoms with Gasteiger partial charge in [0.1, 0.15) is 12.6 Å². The van der Waals surface area contributed by atoms with Crippen LogP contribution in [0.5, 0.6) is 0 Å². The highest BCUT2D eigenvalue weighted by Gasteiger charge is 2.34. The second kappa shape index (κ2) is 15.5. The predicted molar refractivity (Wildman–Crippen MR) is 184 cm³/mol. The van der Waals surface area contributed by atoms with Gasteiger partial charge in [-0.1, -0.05) is 86.1 Å². The van der Waals surface area contributed by atoms with Gasteiger partial charge in [0.15, 0.2) is 0 Å². The van der Waals surface area contributed by atoms with Crippen molar-refractivity contribution in [2.24, 2.45) is 5.92 Å². The molecule has 10 heteroatoms. The summed E-state index contributed by atoms with van der Waals surface area (Å²) >= 11 is 8.44. The van der Waals surface area contributed by atoms with Crippen molar-refractivity contribution < 1.29 is 18.0 Å². The first-order valence-corrected chi connectivity index (χ1v) is 17.1. The van der Waals surface area contributed by atoms with E-state index >= 15 is 0 Å². The lowest BCUT2D eigenvalue weighted by molar-refractivity contribution is -0.140. The number of rotatable bonds is 13. The van der Waals surface area contributed by atoms with Gasteiger partial charge in [-0.3, -0.25) is 13.9 Å². The molecule has 4 aromatic carbocycles. The lowest BCUT2D eigenvalue weighted by Gasteiger charge is -2.34. The van der Waals surface area contributed by atoms with Crippen LogP contribution in [0.1, 0.15) is 25.0 Å². The molecule has 0 spiro atoms. The van der Waals surface area contributed by atoms with Crippen molar-refractivity contribution in [2.75, 3.05) is 17.4 Å². The van der Waals surface area contributed by atoms with Gasteiger partial charge in [-0.15, -0.1) is 0 Å². The lowest BCUT2D eigenvalue weighted by Crippen LogP contribution is -2.53. The number of anilines is 1. The minimum Gasteiger partial charge on any atom is -0.354 e. The highest BCUT2D eigenvalue weighted by molar-refractivity contribution is 14.1. The van der Waals surface area contributed by atoms with E-state index in [1.165, 1.54) is 17.0 Å². The fourth-order valence-electron chi connectivity index (χ4n) is 4.66. The van der Waals surface area contributed by atoms with Crippen LogP contribution < -0.4 is 9.62 Å². The van der Waals surface area contributed by atoms with E-state index in [0.29, 0.717) is 22.8 Å². The quantitative estimate of drug-likeness (QED) is 0.158. The Kier molecular flexibility index (Phi) is 11.8. The molecule has 0 fully saturated rings. The summed E-state index contributed by atoms with van der Waals surface area (Å²) in [5.41, 5.74) is 1.92. The Morgan fingerprint density at radius 2 is 1.45 bits per heavy atom. The molecule has 0 saturated heterocycles. The fourth-order valence-corrected chi connectivity index (χ4v) is 6.67. The third kappa shape index (κ3) is 9.06. The summed E-state index contributed by atoms with van der Waals surface area (Å²) in [5.74, 6) is -0.644. The summed E-state index contributed by atoms with van der Waals surface area (Å²) in [6.45, 7) is 3.96. The molecule has 0 heterocycles. The topological polar surface area (TPSA) is 86.8 Å². The zero-order valence-corrected chi connectivity index (χ0v) is 28.3. The monoisotopic (exact) mass is 743 g/mol. The van der Waals surface area contributed by atoms with Crippen molar-refractivity contribution >= 4 is 61.7 Å². The normalized spacial score (nSPS) is 12.0. The molecule has 0 unspecified atom stereocenters. The number of nitrogens with one attached hydrogen (secondary N) is 1. The van der Waals surface area contributed by atoms with Crippen LogP contribution >= 0.6 is 34.2 Å². The zero-order chi connectivity index (χ0) is 31.7. The average molecular weight is 744 g/mol. The molecule has 7 nitrogen and oxygen atoms in total. The second-order valence-corrected chi connectivity index (χ2v) is 14.3. The number of sulfonamides is 1. The summed E-state index contributed by atoms with van der Waals surface area (Å²) in [4.78, 5) is 29.8. The highest BCUT2D eigenvalue weighted by atomic mass is 127. The predicted octanol–water partition coefficient (Wildman–Crippen LogP) is 6.55. The van der Waals surface area contributed by atoms with E-state index in [1.807, 2.05) is 50.2 Å². The maximum atomic E-state index is 14.4. The number of nitrogens with zero attached hydrogens (tertiary/aromatic N) is 2. The van der Waals surface area contributed by atoms with E-state index in [1.54, 1.807) is 60.7 Å². The first-order chi connectivity index (χ1) is 21.0. The molecule has 0 saturated carbocycles. The summed E-state index contributed by atoms with van der Waals surface area (Å²) in [7, 11) is -4.14. The van der Waals surface area contributed by atoms with E-state index in [-0.39, 0.29) is 29.7 Å². The highest BCUT2D eigenvalue weighted by Crippen LogP contribution is 2.26. The molecule has 0 radical (unpaired) electrons. The number of carbonyl (C=O) groups excluding carboxylic acids is 2. The van der Waals surface area contributed by atoms with Crippen molar-refractivity contribution in [3.05, 3.63) is 129 Å². The van der Waals surface area contributed by atoms with Crippen molar-refractivity contribution in [1.29, 1.82) is 0 Å². The Labute approximate surface area is 278 Å². The third-order valence-corrected chi connectivity index (χ3v) is 9.66. The van der Waals surface area contributed by atoms with Crippen LogP contribution in [0, 0.1) is 9.49 Å². The summed E-state index contributed by atoms with van der Waals surface area (Å²) in [6, 6.07) is 30.6. The smallest absolute Gasteiger partial charge is 0.264 e. The molecule has 0 aliphatic carbocycles. The van der Waals surface area contributed by atoms with E-state index < -0.39 is 28.5 Å². The van der Waals surface area contributed by atoms with E-state index in [9.17, 15) is 18.0 Å². The van der Waals surface area contributed by atoms with Crippen molar-refractivity contribution in [3.8, 4) is 0 Å². The Hall–Kier alpha value is -3.41. The Balaban J connectivity index is 1.79. The van der Waals surface area contributed by atoms with Crippen LogP contribution in [0.3, 0.4) is 0 Å². The minimum atomic E-state index is -4.14. The maximum absolute atomic E-state index is 14.4. The second-order valence-electron chi connectivity index (χ2n) is 10.8. The molecule has 2 amide bonds. The summed E-state index contributed by atoms with van der Waals surface area (Å²) < 4.78 is 30.0. The molecule has 0 bridgehead atoms. The van der Waals surface area contributed by atoms with Crippen molar-refractivity contribution in [3.63, 3.8) is 0 Å². The number of carbonyl (C=O) groups is 2. The average Bonchev–Trinajstić information content (AvgIpc) is 3.01. The zero-order valence-electron chi connectivity index (χ0n) is 24.6. The van der Waals surface area contributed by atoms with Gasteiger partial charge in [0.25, 0.3) is 10.0 Å². The number of hydrogen-bond donors (Lipinski definition) is 1. The number of benzene rings is 4. The van der Waals surface area contributed by atoms with E-state index in [4.69, 9.17) is 11.6 Å². The molecule has 4 aromatic rings. The van der Waals surface area contributed by atoms with Gasteiger partial charge < -0.3 is 10.2 Å². The molecule has 0 aromatic heterocycles. The number of hydrogen-bond acceptors (Lipinski definition) is 4. The van der Waals surface area contributed by atoms with Crippen LogP contribution in [-0.4, -0.2) is 44.3 Å². The van der Waals surface area contributed by atoms with Crippen molar-refractivity contribution in [2.45, 2.75) is 37.8 Å². The Morgan fingerprint density at radius 1 is 0.841 bits per heavy atom. The Bertz CT molecular complexity index is 1650. The van der Waals surface area contributed by atoms with Gasteiger partial charge in [0, 0.05) is 28.1 Å². The van der Waals surface area contributed by atoms with Crippen LogP contribution in [0.25, 0.3) is 0 Å². The molecule has 0 aliphatic heterocycles. The summed E-state index contributed by atoms with van der Waals surface area (Å²) in [5, 5.41) is 3.48. The van der Waals surface area contributed by atoms with Crippen molar-refractivity contribution in [1.82, 2.24) is 10.2 Å². The van der Waals surface area contributed by atoms with Gasteiger partial charge in [0.2, 0.25) is 11.8 Å². The largest absolute Gasteiger partial charge is 0.354 e. The third-order valence-electron chi connectivity index (χ3n) is 6.92. The van der Waals surface area contributed by atoms with E-state index in [2.05, 4.69) is 27.9 Å². The molecule has 1 N–H and O–H groups in total. The lowest BCUT2D eigenvalue weighted by atomic mass is 10.0. The van der Waals surface area contributed by atoms with Gasteiger partial charge in [-0.25, -0.2) is 8.42 Å². The van der Waals surface area contributed by atoms with Gasteiger partial charge in [-0.05, 0) is 88.2 Å². The number of halogens is 2. The van der Waals surface area contributed by atoms with Crippen LogP contribution in [-0.2, 0) is 32.6 Å². The molecule has 230 valence electrons. The minimum absolute atomic E-state index is 0.0535. The van der Waals surface area contributed by atoms with Gasteiger partial charge >= 0.3 is 0 Å². The first-order valence-electron chi connectivity index (χ1n) is 14.2. The summed E-state index contributed by atoms with van der Waals surface area (Å²) in [6.07, 6.45) is 0.242. The van der Waals surface area contributed by atoms with Crippen LogP contribution in [0.4, 0.5) is 5.69 Å². The molecular formula is C34H35ClIN3O4S.